The number of aromatic nitrogens is 8. The van der Waals surface area contributed by atoms with Crippen LogP contribution in [-0.4, -0.2) is 45.3 Å². The first kappa shape index (κ1) is 42.0. The number of methoxy groups -OCH3 is 1. The monoisotopic (exact) mass is 842 g/mol. The van der Waals surface area contributed by atoms with Crippen molar-refractivity contribution in [1.82, 2.24) is 38.2 Å². The predicted octanol–water partition coefficient (Wildman–Crippen LogP) is 4.70. The van der Waals surface area contributed by atoms with E-state index in [9.17, 15) is 36.7 Å². The molecule has 2 N–H and O–H groups in total. The number of nitrogens with one attached hydrogen (secondary N) is 2. The number of nitrogens with zero attached hydrogens (tertiary/aromatic N) is 6. The maximum absolute atomic E-state index is 13.5. The van der Waals surface area contributed by atoms with Crippen molar-refractivity contribution in [2.75, 3.05) is 7.11 Å². The van der Waals surface area contributed by atoms with Gasteiger partial charge in [-0.25, -0.2) is 37.1 Å². The third-order valence-corrected chi connectivity index (χ3v) is 9.61. The second-order valence-corrected chi connectivity index (χ2v) is 13.8. The zero-order valence-corrected chi connectivity index (χ0v) is 33.2. The highest BCUT2D eigenvalue weighted by atomic mass is 19.2. The van der Waals surface area contributed by atoms with E-state index in [1.165, 1.54) is 35.4 Å². The van der Waals surface area contributed by atoms with Gasteiger partial charge in [-0.05, 0) is 70.5 Å². The van der Waals surface area contributed by atoms with Crippen LogP contribution in [0.3, 0.4) is 0 Å². The summed E-state index contributed by atoms with van der Waals surface area (Å²) >= 11 is 0. The van der Waals surface area contributed by atoms with E-state index >= 15 is 0 Å². The highest BCUT2D eigenvalue weighted by molar-refractivity contribution is 5.71. The molecular weight excluding hydrogens is 809 g/mol. The van der Waals surface area contributed by atoms with E-state index in [0.29, 0.717) is 12.8 Å². The molecule has 4 aromatic heterocycles. The Morgan fingerprint density at radius 1 is 0.565 bits per heavy atom. The summed E-state index contributed by atoms with van der Waals surface area (Å²) in [7, 11) is 4.55. The number of imidazole rings is 2. The molecule has 0 fully saturated rings. The minimum Gasteiger partial charge on any atom is -0.497 e. The number of benzene rings is 4. The van der Waals surface area contributed by atoms with Gasteiger partial charge in [-0.3, -0.25) is 27.9 Å². The Hall–Kier alpha value is -8.18. The molecule has 0 aliphatic rings. The van der Waals surface area contributed by atoms with Gasteiger partial charge in [0.25, 0.3) is 11.1 Å². The van der Waals surface area contributed by atoms with Crippen LogP contribution in [0.2, 0.25) is 0 Å². The van der Waals surface area contributed by atoms with Gasteiger partial charge in [-0.2, -0.15) is 0 Å². The molecular formula is C45H34F4N8O5. The number of aromatic amines is 2. The van der Waals surface area contributed by atoms with E-state index < -0.39 is 45.8 Å². The van der Waals surface area contributed by atoms with Crippen molar-refractivity contribution >= 4 is 22.3 Å². The number of fused-ring (bicyclic) bond motifs is 2. The van der Waals surface area contributed by atoms with Crippen LogP contribution in [-0.2, 0) is 40.0 Å². The first-order valence-electron chi connectivity index (χ1n) is 18.7. The van der Waals surface area contributed by atoms with Crippen LogP contribution in [0.4, 0.5) is 17.6 Å². The molecule has 0 amide bonds. The van der Waals surface area contributed by atoms with Gasteiger partial charge >= 0.3 is 11.4 Å². The van der Waals surface area contributed by atoms with Crippen molar-refractivity contribution in [2.24, 2.45) is 14.1 Å². The van der Waals surface area contributed by atoms with E-state index in [4.69, 9.17) is 4.74 Å². The fourth-order valence-electron chi connectivity index (χ4n) is 6.34. The smallest absolute Gasteiger partial charge is 0.332 e. The summed E-state index contributed by atoms with van der Waals surface area (Å²) in [5.74, 6) is 8.85. The van der Waals surface area contributed by atoms with Crippen LogP contribution in [0.5, 0.6) is 5.75 Å². The molecule has 0 spiro atoms. The maximum Gasteiger partial charge on any atom is 0.332 e. The zero-order chi connectivity index (χ0) is 44.1. The lowest BCUT2D eigenvalue weighted by atomic mass is 10.1. The highest BCUT2D eigenvalue weighted by Gasteiger charge is 2.17. The second-order valence-electron chi connectivity index (χ2n) is 13.8. The Morgan fingerprint density at radius 2 is 0.984 bits per heavy atom. The van der Waals surface area contributed by atoms with Crippen molar-refractivity contribution in [1.29, 1.82) is 0 Å². The van der Waals surface area contributed by atoms with E-state index in [1.54, 1.807) is 7.11 Å². The van der Waals surface area contributed by atoms with Gasteiger partial charge in [0.1, 0.15) is 5.75 Å². The molecule has 17 heteroatoms. The quantitative estimate of drug-likeness (QED) is 0.174. The molecule has 0 unspecified atom stereocenters. The summed E-state index contributed by atoms with van der Waals surface area (Å²) in [5.41, 5.74) is 0.668. The van der Waals surface area contributed by atoms with Gasteiger partial charge in [0.05, 0.1) is 20.2 Å². The number of hydrogen-bond donors (Lipinski definition) is 2. The van der Waals surface area contributed by atoms with Crippen molar-refractivity contribution in [3.8, 4) is 29.4 Å². The lowest BCUT2D eigenvalue weighted by Crippen LogP contribution is -2.39. The molecule has 0 saturated carbocycles. The van der Waals surface area contributed by atoms with Crippen LogP contribution in [0.1, 0.15) is 33.9 Å². The minimum absolute atomic E-state index is 0.100. The molecule has 0 aliphatic carbocycles. The lowest BCUT2D eigenvalue weighted by Gasteiger charge is -2.08. The topological polar surface area (TPSA) is 155 Å². The molecule has 0 atom stereocenters. The molecule has 0 bridgehead atoms. The molecule has 8 rings (SSSR count). The van der Waals surface area contributed by atoms with Crippen molar-refractivity contribution in [2.45, 2.75) is 25.9 Å². The van der Waals surface area contributed by atoms with Crippen molar-refractivity contribution in [3.05, 3.63) is 190 Å². The van der Waals surface area contributed by atoms with Crippen LogP contribution in [0, 0.1) is 47.0 Å². The first-order chi connectivity index (χ1) is 29.8. The van der Waals surface area contributed by atoms with Gasteiger partial charge in [0.15, 0.2) is 57.2 Å². The maximum atomic E-state index is 13.5. The predicted molar refractivity (Wildman–Crippen MR) is 223 cm³/mol. The molecule has 0 radical (unpaired) electrons. The fraction of sp³-hybridized carbons (Fsp3) is 0.156. The van der Waals surface area contributed by atoms with Gasteiger partial charge in [0, 0.05) is 26.9 Å². The van der Waals surface area contributed by atoms with E-state index in [2.05, 4.69) is 43.6 Å². The SMILES string of the molecule is COc1ccc(CC#Cc2nc3c([nH]2)c(=O)n(Cc2ccc(F)c(F)c2)c(=O)n3C)cc1.Cn1c(=O)n(Cc2ccc(F)c(F)c2)c(=O)c2[nH]c(C#CCc3ccccc3)nc21. The summed E-state index contributed by atoms with van der Waals surface area (Å²) in [4.78, 5) is 65.2. The Bertz CT molecular complexity index is 3360. The summed E-state index contributed by atoms with van der Waals surface area (Å²) in [6.07, 6.45) is 0.970. The van der Waals surface area contributed by atoms with Crippen molar-refractivity contribution in [3.63, 3.8) is 0 Å². The third-order valence-electron chi connectivity index (χ3n) is 9.61. The normalized spacial score (nSPS) is 10.8. The minimum atomic E-state index is -1.05. The molecule has 4 aromatic carbocycles. The number of aryl methyl sites for hydroxylation is 2. The summed E-state index contributed by atoms with van der Waals surface area (Å²) < 4.78 is 62.7. The molecule has 0 aliphatic heterocycles. The van der Waals surface area contributed by atoms with E-state index in [-0.39, 0.29) is 58.2 Å². The standard InChI is InChI=1S/C23H18F2N4O3.C22H16F2N4O2/c1-28-21-20(22(30)29(23(28)31)13-15-8-11-17(24)18(25)12-15)26-19(27-21)5-3-4-14-6-9-16(32-2)10-7-14;1-27-20-19(25-18(26-20)9-5-8-14-6-3-2-4-7-14)21(29)28(22(27)30)13-15-10-11-16(23)17(24)12-15/h6-12H,4,13H2,1-2H3,(H,26,27);2-4,6-7,10-12H,8,13H2,1H3,(H,25,26). The number of hydrogen-bond acceptors (Lipinski definition) is 7. The molecule has 8 aromatic rings. The molecule has 0 saturated heterocycles. The van der Waals surface area contributed by atoms with Crippen LogP contribution < -0.4 is 27.2 Å². The van der Waals surface area contributed by atoms with Gasteiger partial charge in [-0.15, -0.1) is 0 Å². The Balaban J connectivity index is 0.000000187. The first-order valence-corrected chi connectivity index (χ1v) is 18.7. The van der Waals surface area contributed by atoms with E-state index in [1.807, 2.05) is 54.6 Å². The Labute approximate surface area is 348 Å². The highest BCUT2D eigenvalue weighted by Crippen LogP contribution is 2.13. The average Bonchev–Trinajstić information content (AvgIpc) is 3.91. The van der Waals surface area contributed by atoms with Crippen LogP contribution >= 0.6 is 0 Å². The van der Waals surface area contributed by atoms with Crippen molar-refractivity contribution < 1.29 is 22.3 Å². The Kier molecular flexibility index (Phi) is 12.2. The second kappa shape index (κ2) is 18.0. The summed E-state index contributed by atoms with van der Waals surface area (Å²) in [6.45, 7) is -0.414. The number of ether oxygens (including phenoxy) is 1. The molecule has 13 nitrogen and oxygen atoms in total. The Morgan fingerprint density at radius 3 is 1.40 bits per heavy atom. The lowest BCUT2D eigenvalue weighted by molar-refractivity contribution is 0.414. The van der Waals surface area contributed by atoms with Gasteiger partial charge in [-0.1, -0.05) is 66.4 Å². The van der Waals surface area contributed by atoms with Crippen LogP contribution in [0.25, 0.3) is 22.3 Å². The van der Waals surface area contributed by atoms with Crippen LogP contribution in [0.15, 0.2) is 110 Å². The summed E-state index contributed by atoms with van der Waals surface area (Å²) in [5, 5.41) is 0. The molecule has 4 heterocycles. The molecule has 62 heavy (non-hydrogen) atoms. The number of H-pyrrole nitrogens is 2. The summed E-state index contributed by atoms with van der Waals surface area (Å²) in [6, 6.07) is 23.6. The number of rotatable bonds is 7. The zero-order valence-electron chi connectivity index (χ0n) is 33.2. The average molecular weight is 843 g/mol. The molecule has 312 valence electrons. The number of halogens is 4. The fourth-order valence-corrected chi connectivity index (χ4v) is 6.34. The largest absolute Gasteiger partial charge is 0.497 e. The third kappa shape index (κ3) is 9.02. The van der Waals surface area contributed by atoms with Gasteiger partial charge < -0.3 is 14.7 Å². The van der Waals surface area contributed by atoms with E-state index in [0.717, 1.165) is 50.3 Å². The van der Waals surface area contributed by atoms with Gasteiger partial charge in [0.2, 0.25) is 0 Å².